The lowest BCUT2D eigenvalue weighted by molar-refractivity contribution is 0.575. The van der Waals surface area contributed by atoms with E-state index >= 15 is 0 Å². The Morgan fingerprint density at radius 1 is 1.38 bits per heavy atom. The van der Waals surface area contributed by atoms with Crippen LogP contribution in [0.4, 0.5) is 5.13 Å². The topological polar surface area (TPSA) is 62.3 Å². The molecule has 7 heteroatoms. The van der Waals surface area contributed by atoms with Crippen molar-refractivity contribution >= 4 is 32.6 Å². The number of aromatic nitrogens is 1. The molecule has 0 amide bonds. The summed E-state index contributed by atoms with van der Waals surface area (Å²) >= 11 is 1.59. The lowest BCUT2D eigenvalue weighted by Crippen LogP contribution is -2.39. The van der Waals surface area contributed by atoms with Crippen LogP contribution in [0.15, 0.2) is 41.3 Å². The number of hydrogen-bond donors (Lipinski definition) is 1. The lowest BCUT2D eigenvalue weighted by Gasteiger charge is -2.23. The average molecular weight is 364 g/mol. The number of sulfonamides is 1. The zero-order valence-corrected chi connectivity index (χ0v) is 15.2. The highest BCUT2D eigenvalue weighted by molar-refractivity contribution is 7.92. The second kappa shape index (κ2) is 7.46. The fraction of sp³-hybridized carbons (Fsp3) is 0.353. The number of thiazole rings is 1. The minimum atomic E-state index is -3.44. The second-order valence-electron chi connectivity index (χ2n) is 5.91. The maximum Gasteiger partial charge on any atom is 0.233 e. The van der Waals surface area contributed by atoms with Gasteiger partial charge in [0.25, 0.3) is 0 Å². The summed E-state index contributed by atoms with van der Waals surface area (Å²) in [6.07, 6.45) is 5.44. The summed E-state index contributed by atoms with van der Waals surface area (Å²) < 4.78 is 27.1. The molecule has 5 nitrogen and oxygen atoms in total. The van der Waals surface area contributed by atoms with Crippen LogP contribution in [0.2, 0.25) is 0 Å². The lowest BCUT2D eigenvalue weighted by atomic mass is 10.2. The quantitative estimate of drug-likeness (QED) is 0.857. The molecule has 128 valence electrons. The van der Waals surface area contributed by atoms with Crippen LogP contribution in [-0.2, 0) is 10.0 Å². The summed E-state index contributed by atoms with van der Waals surface area (Å²) in [6.45, 7) is 3.33. The summed E-state index contributed by atoms with van der Waals surface area (Å²) in [6, 6.07) is 7.90. The van der Waals surface area contributed by atoms with Gasteiger partial charge in [-0.25, -0.2) is 18.1 Å². The fourth-order valence-corrected chi connectivity index (χ4v) is 4.36. The molecule has 1 unspecified atom stereocenters. The first-order valence-corrected chi connectivity index (χ1v) is 10.4. The molecule has 1 aromatic heterocycles. The Morgan fingerprint density at radius 2 is 2.17 bits per heavy atom. The van der Waals surface area contributed by atoms with Crippen LogP contribution < -0.4 is 9.62 Å². The van der Waals surface area contributed by atoms with Crippen LogP contribution in [-0.4, -0.2) is 32.5 Å². The van der Waals surface area contributed by atoms with Crippen molar-refractivity contribution in [3.8, 4) is 0 Å². The van der Waals surface area contributed by atoms with Gasteiger partial charge in [-0.3, -0.25) is 0 Å². The number of nitrogens with zero attached hydrogens (tertiary/aromatic N) is 2. The SMILES string of the molecule is Cc1ccc(/C=C/S(=O)(=O)NCC2CCCN2c2nccs2)cc1. The van der Waals surface area contributed by atoms with Gasteiger partial charge in [0, 0.05) is 36.1 Å². The van der Waals surface area contributed by atoms with E-state index in [1.807, 2.05) is 36.6 Å². The largest absolute Gasteiger partial charge is 0.344 e. The number of benzene rings is 1. The average Bonchev–Trinajstić information content (AvgIpc) is 3.23. The molecule has 0 radical (unpaired) electrons. The Kier molecular flexibility index (Phi) is 5.33. The predicted octanol–water partition coefficient (Wildman–Crippen LogP) is 3.01. The van der Waals surface area contributed by atoms with Crippen molar-refractivity contribution in [3.05, 3.63) is 52.4 Å². The monoisotopic (exact) mass is 363 g/mol. The standard InChI is InChI=1S/C17H21N3O2S2/c1-14-4-6-15(7-5-14)8-12-24(21,22)19-13-16-3-2-10-20(16)17-18-9-11-23-17/h4-9,11-12,16,19H,2-3,10,13H2,1H3/b12-8+. The molecule has 1 fully saturated rings. The summed E-state index contributed by atoms with van der Waals surface area (Å²) in [5.74, 6) is 0. The second-order valence-corrected chi connectivity index (χ2v) is 8.43. The fourth-order valence-electron chi connectivity index (χ4n) is 2.76. The van der Waals surface area contributed by atoms with E-state index in [0.29, 0.717) is 6.54 Å². The van der Waals surface area contributed by atoms with Crippen molar-refractivity contribution in [2.24, 2.45) is 0 Å². The van der Waals surface area contributed by atoms with Crippen LogP contribution in [0.1, 0.15) is 24.0 Å². The van der Waals surface area contributed by atoms with Gasteiger partial charge in [0.05, 0.1) is 0 Å². The molecule has 1 aromatic carbocycles. The van der Waals surface area contributed by atoms with E-state index in [1.54, 1.807) is 23.6 Å². The Balaban J connectivity index is 1.59. The third-order valence-electron chi connectivity index (χ3n) is 4.08. The number of anilines is 1. The molecule has 2 aromatic rings. The number of nitrogens with one attached hydrogen (secondary N) is 1. The van der Waals surface area contributed by atoms with Crippen LogP contribution in [0.5, 0.6) is 0 Å². The Hall–Kier alpha value is -1.70. The molecule has 0 aliphatic carbocycles. The number of rotatable bonds is 6. The van der Waals surface area contributed by atoms with Crippen molar-refractivity contribution in [2.45, 2.75) is 25.8 Å². The van der Waals surface area contributed by atoms with E-state index in [9.17, 15) is 8.42 Å². The molecule has 0 bridgehead atoms. The third-order valence-corrected chi connectivity index (χ3v) is 5.95. The molecule has 3 rings (SSSR count). The highest BCUT2D eigenvalue weighted by Gasteiger charge is 2.27. The first-order valence-electron chi connectivity index (χ1n) is 7.94. The minimum Gasteiger partial charge on any atom is -0.344 e. The zero-order valence-electron chi connectivity index (χ0n) is 13.6. The molecular weight excluding hydrogens is 342 g/mol. The van der Waals surface area contributed by atoms with E-state index in [2.05, 4.69) is 14.6 Å². The molecule has 1 N–H and O–H groups in total. The minimum absolute atomic E-state index is 0.165. The van der Waals surface area contributed by atoms with Crippen LogP contribution in [0.25, 0.3) is 6.08 Å². The van der Waals surface area contributed by atoms with Gasteiger partial charge in [-0.15, -0.1) is 11.3 Å². The van der Waals surface area contributed by atoms with Gasteiger partial charge >= 0.3 is 0 Å². The van der Waals surface area contributed by atoms with Gasteiger partial charge in [0.2, 0.25) is 10.0 Å². The molecule has 1 aliphatic rings. The van der Waals surface area contributed by atoms with Crippen molar-refractivity contribution in [1.29, 1.82) is 0 Å². The van der Waals surface area contributed by atoms with Gasteiger partial charge in [-0.2, -0.15) is 0 Å². The Morgan fingerprint density at radius 3 is 2.88 bits per heavy atom. The smallest absolute Gasteiger partial charge is 0.233 e. The predicted molar refractivity (Wildman–Crippen MR) is 99.6 cm³/mol. The highest BCUT2D eigenvalue weighted by atomic mass is 32.2. The van der Waals surface area contributed by atoms with E-state index in [-0.39, 0.29) is 6.04 Å². The zero-order chi connectivity index (χ0) is 17.0. The van der Waals surface area contributed by atoms with Crippen LogP contribution in [0, 0.1) is 6.92 Å². The van der Waals surface area contributed by atoms with Gasteiger partial charge in [-0.1, -0.05) is 29.8 Å². The maximum atomic E-state index is 12.2. The Labute approximate surface area is 147 Å². The first kappa shape index (κ1) is 17.1. The summed E-state index contributed by atoms with van der Waals surface area (Å²) in [5, 5.41) is 4.14. The van der Waals surface area contributed by atoms with Crippen molar-refractivity contribution in [2.75, 3.05) is 18.0 Å². The number of hydrogen-bond acceptors (Lipinski definition) is 5. The van der Waals surface area contributed by atoms with Crippen LogP contribution >= 0.6 is 11.3 Å². The van der Waals surface area contributed by atoms with Crippen molar-refractivity contribution in [1.82, 2.24) is 9.71 Å². The molecule has 1 atom stereocenters. The van der Waals surface area contributed by atoms with E-state index in [0.717, 1.165) is 35.6 Å². The van der Waals surface area contributed by atoms with Gasteiger partial charge in [-0.05, 0) is 31.4 Å². The van der Waals surface area contributed by atoms with Crippen molar-refractivity contribution < 1.29 is 8.42 Å². The molecule has 1 saturated heterocycles. The van der Waals surface area contributed by atoms with E-state index in [4.69, 9.17) is 0 Å². The normalized spacial score (nSPS) is 18.5. The molecule has 1 aliphatic heterocycles. The molecule has 2 heterocycles. The number of aryl methyl sites for hydroxylation is 1. The summed E-state index contributed by atoms with van der Waals surface area (Å²) in [5.41, 5.74) is 2.02. The first-order chi connectivity index (χ1) is 11.5. The summed E-state index contributed by atoms with van der Waals surface area (Å²) in [7, 11) is -3.44. The van der Waals surface area contributed by atoms with Gasteiger partial charge in [0.1, 0.15) is 0 Å². The van der Waals surface area contributed by atoms with Crippen LogP contribution in [0.3, 0.4) is 0 Å². The van der Waals surface area contributed by atoms with E-state index < -0.39 is 10.0 Å². The summed E-state index contributed by atoms with van der Waals surface area (Å²) in [4.78, 5) is 6.52. The molecular formula is C17H21N3O2S2. The molecule has 24 heavy (non-hydrogen) atoms. The van der Waals surface area contributed by atoms with E-state index in [1.165, 1.54) is 5.41 Å². The molecule has 0 saturated carbocycles. The molecule has 0 spiro atoms. The van der Waals surface area contributed by atoms with Gasteiger partial charge < -0.3 is 4.90 Å². The van der Waals surface area contributed by atoms with Crippen molar-refractivity contribution in [3.63, 3.8) is 0 Å². The highest BCUT2D eigenvalue weighted by Crippen LogP contribution is 2.26. The van der Waals surface area contributed by atoms with Gasteiger partial charge in [0.15, 0.2) is 5.13 Å². The maximum absolute atomic E-state index is 12.2. The third kappa shape index (κ3) is 4.43. The Bertz CT molecular complexity index is 784.